The van der Waals surface area contributed by atoms with Crippen molar-refractivity contribution in [2.45, 2.75) is 19.8 Å². The molecule has 0 bridgehead atoms. The minimum atomic E-state index is -0.668. The number of rotatable bonds is 6. The number of hydrogen-bond donors (Lipinski definition) is 1. The van der Waals surface area contributed by atoms with Crippen LogP contribution in [0.4, 0.5) is 0 Å². The van der Waals surface area contributed by atoms with Crippen LogP contribution in [0.1, 0.15) is 19.8 Å². The van der Waals surface area contributed by atoms with Gasteiger partial charge in [0.15, 0.2) is 0 Å². The van der Waals surface area contributed by atoms with E-state index in [9.17, 15) is 9.90 Å². The second kappa shape index (κ2) is 7.67. The van der Waals surface area contributed by atoms with E-state index in [-0.39, 0.29) is 5.92 Å². The fourth-order valence-corrected chi connectivity index (χ4v) is 3.62. The van der Waals surface area contributed by atoms with Crippen LogP contribution in [0, 0.1) is 11.8 Å². The van der Waals surface area contributed by atoms with E-state index in [1.54, 1.807) is 0 Å². The molecule has 4 heteroatoms. The summed E-state index contributed by atoms with van der Waals surface area (Å²) in [6, 6.07) is 14.3. The average Bonchev–Trinajstić information content (AvgIpc) is 2.58. The van der Waals surface area contributed by atoms with Crippen LogP contribution in [-0.2, 0) is 4.79 Å². The number of hydrogen-bond acceptors (Lipinski definition) is 3. The van der Waals surface area contributed by atoms with Crippen molar-refractivity contribution in [3.05, 3.63) is 42.5 Å². The van der Waals surface area contributed by atoms with Crippen LogP contribution < -0.4 is 4.74 Å². The Balaban J connectivity index is 1.50. The van der Waals surface area contributed by atoms with Gasteiger partial charge in [-0.1, -0.05) is 43.3 Å². The average molecular weight is 327 g/mol. The van der Waals surface area contributed by atoms with E-state index < -0.39 is 5.97 Å². The van der Waals surface area contributed by atoms with Crippen molar-refractivity contribution in [1.82, 2.24) is 4.90 Å². The molecule has 0 aromatic heterocycles. The molecule has 3 rings (SSSR count). The van der Waals surface area contributed by atoms with Crippen LogP contribution >= 0.6 is 0 Å². The van der Waals surface area contributed by atoms with Gasteiger partial charge in [0.2, 0.25) is 0 Å². The van der Waals surface area contributed by atoms with Crippen molar-refractivity contribution in [3.8, 4) is 5.75 Å². The standard InChI is InChI=1S/C20H25NO3/c1-15-12-17(20(22)23)14-21(13-15)10-5-11-24-19-9-4-7-16-6-2-3-8-18(16)19/h2-4,6-9,15,17H,5,10-14H2,1H3,(H,22,23). The van der Waals surface area contributed by atoms with E-state index in [2.05, 4.69) is 30.0 Å². The van der Waals surface area contributed by atoms with E-state index in [1.807, 2.05) is 24.3 Å². The van der Waals surface area contributed by atoms with E-state index in [1.165, 1.54) is 5.39 Å². The highest BCUT2D eigenvalue weighted by Gasteiger charge is 2.28. The molecular formula is C20H25NO3. The van der Waals surface area contributed by atoms with Crippen LogP contribution in [0.25, 0.3) is 10.8 Å². The number of carboxylic acids is 1. The lowest BCUT2D eigenvalue weighted by molar-refractivity contribution is -0.144. The molecule has 0 saturated carbocycles. The Morgan fingerprint density at radius 1 is 1.21 bits per heavy atom. The summed E-state index contributed by atoms with van der Waals surface area (Å²) >= 11 is 0. The largest absolute Gasteiger partial charge is 0.493 e. The molecule has 2 aromatic carbocycles. The molecule has 1 saturated heterocycles. The Kier molecular flexibility index (Phi) is 5.36. The van der Waals surface area contributed by atoms with Gasteiger partial charge < -0.3 is 14.7 Å². The summed E-state index contributed by atoms with van der Waals surface area (Å²) in [5, 5.41) is 11.6. The molecule has 4 nitrogen and oxygen atoms in total. The molecule has 1 heterocycles. The van der Waals surface area contributed by atoms with Gasteiger partial charge in [0, 0.05) is 25.0 Å². The molecule has 128 valence electrons. The van der Waals surface area contributed by atoms with Gasteiger partial charge in [-0.2, -0.15) is 0 Å². The molecule has 1 fully saturated rings. The molecule has 24 heavy (non-hydrogen) atoms. The number of carboxylic acid groups (broad SMARTS) is 1. The quantitative estimate of drug-likeness (QED) is 0.823. The zero-order chi connectivity index (χ0) is 16.9. The van der Waals surface area contributed by atoms with Crippen LogP contribution in [-0.4, -0.2) is 42.2 Å². The number of nitrogens with zero attached hydrogens (tertiary/aromatic N) is 1. The van der Waals surface area contributed by atoms with Crippen molar-refractivity contribution >= 4 is 16.7 Å². The number of carbonyl (C=O) groups is 1. The summed E-state index contributed by atoms with van der Waals surface area (Å²) in [6.07, 6.45) is 1.70. The third-order valence-electron chi connectivity index (χ3n) is 4.71. The molecule has 0 radical (unpaired) electrons. The van der Waals surface area contributed by atoms with Gasteiger partial charge in [0.1, 0.15) is 5.75 Å². The minimum Gasteiger partial charge on any atom is -0.493 e. The SMILES string of the molecule is CC1CC(C(=O)O)CN(CCCOc2cccc3ccccc23)C1. The van der Waals surface area contributed by atoms with Crippen molar-refractivity contribution < 1.29 is 14.6 Å². The molecule has 2 atom stereocenters. The van der Waals surface area contributed by atoms with Gasteiger partial charge in [-0.25, -0.2) is 0 Å². The van der Waals surface area contributed by atoms with Crippen LogP contribution in [0.3, 0.4) is 0 Å². The predicted molar refractivity (Wildman–Crippen MR) is 95.4 cm³/mol. The summed E-state index contributed by atoms with van der Waals surface area (Å²) in [5.74, 6) is 0.466. The maximum atomic E-state index is 11.2. The van der Waals surface area contributed by atoms with Crippen LogP contribution in [0.5, 0.6) is 5.75 Å². The summed E-state index contributed by atoms with van der Waals surface area (Å²) in [4.78, 5) is 13.5. The van der Waals surface area contributed by atoms with Crippen molar-refractivity contribution in [2.75, 3.05) is 26.2 Å². The molecule has 0 spiro atoms. The van der Waals surface area contributed by atoms with E-state index >= 15 is 0 Å². The van der Waals surface area contributed by atoms with Gasteiger partial charge >= 0.3 is 5.97 Å². The highest BCUT2D eigenvalue weighted by atomic mass is 16.5. The molecular weight excluding hydrogens is 302 g/mol. The fourth-order valence-electron chi connectivity index (χ4n) is 3.62. The highest BCUT2D eigenvalue weighted by molar-refractivity contribution is 5.88. The summed E-state index contributed by atoms with van der Waals surface area (Å²) < 4.78 is 5.97. The smallest absolute Gasteiger partial charge is 0.307 e. The lowest BCUT2D eigenvalue weighted by Gasteiger charge is -2.34. The first-order chi connectivity index (χ1) is 11.6. The first-order valence-electron chi connectivity index (χ1n) is 8.69. The van der Waals surface area contributed by atoms with Crippen molar-refractivity contribution in [2.24, 2.45) is 11.8 Å². The van der Waals surface area contributed by atoms with Gasteiger partial charge in [-0.15, -0.1) is 0 Å². The molecule has 0 aliphatic carbocycles. The Morgan fingerprint density at radius 3 is 2.83 bits per heavy atom. The second-order valence-corrected chi connectivity index (χ2v) is 6.81. The van der Waals surface area contributed by atoms with Gasteiger partial charge in [0.25, 0.3) is 0 Å². The van der Waals surface area contributed by atoms with Gasteiger partial charge in [0.05, 0.1) is 12.5 Å². The van der Waals surface area contributed by atoms with E-state index in [0.29, 0.717) is 19.1 Å². The molecule has 1 N–H and O–H groups in total. The maximum absolute atomic E-state index is 11.2. The molecule has 0 amide bonds. The number of likely N-dealkylation sites (tertiary alicyclic amines) is 1. The lowest BCUT2D eigenvalue weighted by atomic mass is 9.90. The van der Waals surface area contributed by atoms with Gasteiger partial charge in [-0.05, 0) is 30.2 Å². The Labute approximate surface area is 143 Å². The predicted octanol–water partition coefficient (Wildman–Crippen LogP) is 3.65. The molecule has 1 aliphatic heterocycles. The summed E-state index contributed by atoms with van der Waals surface area (Å²) in [5.41, 5.74) is 0. The minimum absolute atomic E-state index is 0.229. The van der Waals surface area contributed by atoms with E-state index in [0.717, 1.165) is 37.1 Å². The summed E-state index contributed by atoms with van der Waals surface area (Å²) in [6.45, 7) is 5.32. The Bertz CT molecular complexity index is 695. The number of benzene rings is 2. The Hall–Kier alpha value is -2.07. The number of piperidine rings is 1. The van der Waals surface area contributed by atoms with Crippen molar-refractivity contribution in [3.63, 3.8) is 0 Å². The monoisotopic (exact) mass is 327 g/mol. The number of ether oxygens (including phenoxy) is 1. The lowest BCUT2D eigenvalue weighted by Crippen LogP contribution is -2.43. The maximum Gasteiger partial charge on any atom is 0.307 e. The van der Waals surface area contributed by atoms with Crippen LogP contribution in [0.2, 0.25) is 0 Å². The second-order valence-electron chi connectivity index (χ2n) is 6.81. The molecule has 2 unspecified atom stereocenters. The number of fused-ring (bicyclic) bond motifs is 1. The van der Waals surface area contributed by atoms with Gasteiger partial charge in [-0.3, -0.25) is 4.79 Å². The first kappa shape index (κ1) is 16.8. The van der Waals surface area contributed by atoms with Crippen LogP contribution in [0.15, 0.2) is 42.5 Å². The number of aliphatic carboxylic acids is 1. The summed E-state index contributed by atoms with van der Waals surface area (Å²) in [7, 11) is 0. The fraction of sp³-hybridized carbons (Fsp3) is 0.450. The van der Waals surface area contributed by atoms with Crippen molar-refractivity contribution in [1.29, 1.82) is 0 Å². The zero-order valence-corrected chi connectivity index (χ0v) is 14.1. The highest BCUT2D eigenvalue weighted by Crippen LogP contribution is 2.25. The topological polar surface area (TPSA) is 49.8 Å². The third kappa shape index (κ3) is 4.06. The normalized spacial score (nSPS) is 21.7. The Morgan fingerprint density at radius 2 is 2.00 bits per heavy atom. The van der Waals surface area contributed by atoms with E-state index in [4.69, 9.17) is 4.74 Å². The third-order valence-corrected chi connectivity index (χ3v) is 4.71. The zero-order valence-electron chi connectivity index (χ0n) is 14.1. The molecule has 2 aromatic rings. The molecule has 1 aliphatic rings. The first-order valence-corrected chi connectivity index (χ1v) is 8.69.